The molecule has 206 valence electrons. The van der Waals surface area contributed by atoms with Gasteiger partial charge in [-0.1, -0.05) is 30.3 Å². The molecule has 5 rings (SSSR count). The van der Waals surface area contributed by atoms with E-state index in [0.29, 0.717) is 26.3 Å². The first-order valence-electron chi connectivity index (χ1n) is 13.2. The Morgan fingerprint density at radius 2 is 1.79 bits per heavy atom. The maximum Gasteiger partial charge on any atom is 0.354 e. The van der Waals surface area contributed by atoms with Gasteiger partial charge < -0.3 is 24.3 Å². The molecule has 4 atom stereocenters. The number of hydrogen-bond acceptors (Lipinski definition) is 7. The fourth-order valence-corrected chi connectivity index (χ4v) is 7.69. The van der Waals surface area contributed by atoms with Gasteiger partial charge in [0.15, 0.2) is 5.03 Å². The van der Waals surface area contributed by atoms with E-state index in [-0.39, 0.29) is 40.4 Å². The van der Waals surface area contributed by atoms with E-state index < -0.39 is 16.0 Å². The summed E-state index contributed by atoms with van der Waals surface area (Å²) >= 11 is 0. The molecule has 0 saturated carbocycles. The Labute approximate surface area is 223 Å². The summed E-state index contributed by atoms with van der Waals surface area (Å²) in [7, 11) is -0.877. The van der Waals surface area contributed by atoms with Crippen LogP contribution in [-0.2, 0) is 31.3 Å². The monoisotopic (exact) mass is 544 g/mol. The van der Waals surface area contributed by atoms with Crippen molar-refractivity contribution in [3.8, 4) is 0 Å². The summed E-state index contributed by atoms with van der Waals surface area (Å²) in [5.74, 6) is -0.0970. The van der Waals surface area contributed by atoms with E-state index in [1.807, 2.05) is 30.3 Å². The molecule has 3 aliphatic rings. The van der Waals surface area contributed by atoms with Gasteiger partial charge in [-0.25, -0.2) is 13.2 Å². The van der Waals surface area contributed by atoms with Crippen LogP contribution in [0.15, 0.2) is 47.5 Å². The molecule has 0 aliphatic carbocycles. The molecule has 11 heteroatoms. The van der Waals surface area contributed by atoms with Crippen molar-refractivity contribution in [1.82, 2.24) is 19.1 Å². The van der Waals surface area contributed by atoms with Gasteiger partial charge >= 0.3 is 5.97 Å². The molecule has 1 N–H and O–H groups in total. The van der Waals surface area contributed by atoms with Crippen LogP contribution in [0, 0.1) is 17.8 Å². The molecule has 0 bridgehead atoms. The highest BCUT2D eigenvalue weighted by Crippen LogP contribution is 2.35. The lowest BCUT2D eigenvalue weighted by Gasteiger charge is -2.25. The van der Waals surface area contributed by atoms with Gasteiger partial charge in [0.25, 0.3) is 10.0 Å². The first-order valence-corrected chi connectivity index (χ1v) is 14.6. The zero-order valence-corrected chi connectivity index (χ0v) is 22.7. The number of fused-ring (bicyclic) bond motifs is 1. The number of esters is 1. The quantitative estimate of drug-likeness (QED) is 0.478. The Morgan fingerprint density at radius 1 is 1.08 bits per heavy atom. The van der Waals surface area contributed by atoms with Crippen LogP contribution < -0.4 is 5.32 Å². The predicted octanol–water partition coefficient (Wildman–Crippen LogP) is 1.65. The second-order valence-corrected chi connectivity index (χ2v) is 12.4. The number of carbonyl (C=O) groups is 2. The largest absolute Gasteiger partial charge is 0.464 e. The summed E-state index contributed by atoms with van der Waals surface area (Å²) in [6, 6.07) is 12.9. The predicted molar refractivity (Wildman–Crippen MR) is 140 cm³/mol. The van der Waals surface area contributed by atoms with Gasteiger partial charge in [0.2, 0.25) is 5.91 Å². The van der Waals surface area contributed by atoms with Crippen molar-refractivity contribution in [3.05, 3.63) is 53.7 Å². The number of benzene rings is 1. The van der Waals surface area contributed by atoms with Crippen LogP contribution in [0.25, 0.3) is 0 Å². The van der Waals surface area contributed by atoms with Gasteiger partial charge in [-0.3, -0.25) is 4.79 Å². The molecule has 38 heavy (non-hydrogen) atoms. The highest BCUT2D eigenvalue weighted by Gasteiger charge is 2.45. The Hall–Kier alpha value is -2.73. The SMILES string of the molecule is COC(=O)c1ccc(S(=O)(=O)N2CC3CN(CC[C@H](NC(=O)C4CCOC4)c4ccccc4)CC3C2)n1C. The standard InChI is InChI=1S/C27H36N4O6S/c1-29-24(27(33)36-2)8-9-25(29)38(34,35)31-16-21-14-30(15-22(21)17-31)12-10-23(19-6-4-3-5-7-19)28-26(32)20-11-13-37-18-20/h3-9,20-23H,10-18H2,1-2H3,(H,28,32)/t20?,21?,22?,23-/m0/s1. The maximum atomic E-state index is 13.4. The van der Waals surface area contributed by atoms with Crippen molar-refractivity contribution in [3.63, 3.8) is 0 Å². The van der Waals surface area contributed by atoms with Gasteiger partial charge in [0, 0.05) is 46.4 Å². The van der Waals surface area contributed by atoms with Crippen LogP contribution >= 0.6 is 0 Å². The number of methoxy groups -OCH3 is 1. The zero-order chi connectivity index (χ0) is 26.9. The first-order chi connectivity index (χ1) is 18.3. The number of hydrogen-bond donors (Lipinski definition) is 1. The Morgan fingerprint density at radius 3 is 2.42 bits per heavy atom. The lowest BCUT2D eigenvalue weighted by atomic mass is 10.0. The minimum Gasteiger partial charge on any atom is -0.464 e. The van der Waals surface area contributed by atoms with Crippen molar-refractivity contribution in [1.29, 1.82) is 0 Å². The average molecular weight is 545 g/mol. The van der Waals surface area contributed by atoms with Gasteiger partial charge in [-0.05, 0) is 42.4 Å². The van der Waals surface area contributed by atoms with Crippen molar-refractivity contribution < 1.29 is 27.5 Å². The third-order valence-electron chi connectivity index (χ3n) is 8.16. The third kappa shape index (κ3) is 5.38. The average Bonchev–Trinajstić information content (AvgIpc) is 3.70. The van der Waals surface area contributed by atoms with Crippen molar-refractivity contribution >= 4 is 21.9 Å². The highest BCUT2D eigenvalue weighted by atomic mass is 32.2. The van der Waals surface area contributed by atoms with Crippen LogP contribution in [-0.4, -0.2) is 87.1 Å². The number of amides is 1. The van der Waals surface area contributed by atoms with E-state index in [2.05, 4.69) is 10.2 Å². The van der Waals surface area contributed by atoms with Crippen molar-refractivity contribution in [2.24, 2.45) is 24.8 Å². The molecule has 3 unspecified atom stereocenters. The second-order valence-electron chi connectivity index (χ2n) is 10.5. The highest BCUT2D eigenvalue weighted by molar-refractivity contribution is 7.89. The molecular weight excluding hydrogens is 508 g/mol. The van der Waals surface area contributed by atoms with Crippen LogP contribution in [0.5, 0.6) is 0 Å². The molecule has 1 aromatic carbocycles. The maximum absolute atomic E-state index is 13.4. The minimum absolute atomic E-state index is 0.0477. The van der Waals surface area contributed by atoms with Crippen LogP contribution in [0.3, 0.4) is 0 Å². The molecule has 0 radical (unpaired) electrons. The molecule has 1 amide bonds. The third-order valence-corrected chi connectivity index (χ3v) is 10.1. The van der Waals surface area contributed by atoms with E-state index in [9.17, 15) is 18.0 Å². The first kappa shape index (κ1) is 26.9. The molecule has 10 nitrogen and oxygen atoms in total. The van der Waals surface area contributed by atoms with Crippen molar-refractivity contribution in [2.75, 3.05) is 53.0 Å². The van der Waals surface area contributed by atoms with Crippen LogP contribution in [0.4, 0.5) is 0 Å². The second kappa shape index (κ2) is 11.2. The van der Waals surface area contributed by atoms with E-state index in [1.54, 1.807) is 11.4 Å². The van der Waals surface area contributed by atoms with Crippen LogP contribution in [0.2, 0.25) is 0 Å². The summed E-state index contributed by atoms with van der Waals surface area (Å²) in [4.78, 5) is 27.1. The smallest absolute Gasteiger partial charge is 0.354 e. The number of aromatic nitrogens is 1. The van der Waals surface area contributed by atoms with E-state index in [4.69, 9.17) is 9.47 Å². The molecule has 2 aromatic rings. The summed E-state index contributed by atoms with van der Waals surface area (Å²) in [5.41, 5.74) is 1.29. The Kier molecular flexibility index (Phi) is 7.90. The fraction of sp³-hybridized carbons (Fsp3) is 0.556. The lowest BCUT2D eigenvalue weighted by molar-refractivity contribution is -0.125. The molecule has 3 aliphatic heterocycles. The minimum atomic E-state index is -3.72. The normalized spacial score (nSPS) is 24.8. The topological polar surface area (TPSA) is 110 Å². The molecule has 0 spiro atoms. The van der Waals surface area contributed by atoms with Crippen molar-refractivity contribution in [2.45, 2.75) is 23.9 Å². The number of nitrogens with one attached hydrogen (secondary N) is 1. The zero-order valence-electron chi connectivity index (χ0n) is 21.9. The number of carbonyl (C=O) groups excluding carboxylic acids is 2. The Bertz CT molecular complexity index is 1240. The van der Waals surface area contributed by atoms with E-state index in [0.717, 1.165) is 38.0 Å². The number of rotatable bonds is 9. The number of likely N-dealkylation sites (tertiary alicyclic amines) is 1. The van der Waals surface area contributed by atoms with Gasteiger partial charge in [-0.2, -0.15) is 4.31 Å². The Balaban J connectivity index is 1.19. The van der Waals surface area contributed by atoms with Gasteiger partial charge in [0.1, 0.15) is 5.69 Å². The molecule has 4 heterocycles. The van der Waals surface area contributed by atoms with Gasteiger partial charge in [0.05, 0.1) is 25.7 Å². The van der Waals surface area contributed by atoms with Gasteiger partial charge in [-0.15, -0.1) is 0 Å². The summed E-state index contributed by atoms with van der Waals surface area (Å²) in [6.07, 6.45) is 1.54. The summed E-state index contributed by atoms with van der Waals surface area (Å²) < 4.78 is 39.8. The summed E-state index contributed by atoms with van der Waals surface area (Å²) in [5, 5.41) is 3.35. The van der Waals surface area contributed by atoms with Crippen LogP contribution in [0.1, 0.15) is 34.9 Å². The molecule has 3 fully saturated rings. The van der Waals surface area contributed by atoms with E-state index in [1.165, 1.54) is 23.8 Å². The fourth-order valence-electron chi connectivity index (χ4n) is 5.97. The summed E-state index contributed by atoms with van der Waals surface area (Å²) in [6.45, 7) is 4.50. The lowest BCUT2D eigenvalue weighted by Crippen LogP contribution is -2.37. The number of nitrogens with zero attached hydrogens (tertiary/aromatic N) is 3. The molecular formula is C27H36N4O6S. The molecule has 1 aromatic heterocycles. The number of sulfonamides is 1. The molecule has 3 saturated heterocycles. The van der Waals surface area contributed by atoms with E-state index >= 15 is 0 Å². The number of ether oxygens (including phenoxy) is 2.